The van der Waals surface area contributed by atoms with E-state index in [4.69, 9.17) is 4.74 Å². The van der Waals surface area contributed by atoms with Crippen LogP contribution in [0.1, 0.15) is 31.2 Å². The molecule has 136 valence electrons. The van der Waals surface area contributed by atoms with Crippen molar-refractivity contribution in [3.05, 3.63) is 29.8 Å². The molecule has 1 aliphatic heterocycles. The Morgan fingerprint density at radius 1 is 1.28 bits per heavy atom. The first kappa shape index (κ1) is 17.8. The number of methoxy groups -OCH3 is 1. The van der Waals surface area contributed by atoms with Crippen LogP contribution in [-0.4, -0.2) is 55.9 Å². The van der Waals surface area contributed by atoms with Gasteiger partial charge >= 0.3 is 0 Å². The Morgan fingerprint density at radius 2 is 2.00 bits per heavy atom. The predicted molar refractivity (Wildman–Crippen MR) is 96.4 cm³/mol. The molecule has 1 unspecified atom stereocenters. The minimum atomic E-state index is -0.0562. The molecule has 1 saturated heterocycles. The Bertz CT molecular complexity index is 650. The fourth-order valence-corrected chi connectivity index (χ4v) is 4.47. The molecule has 1 atom stereocenters. The SMILES string of the molecule is COc1cccc(CC(=O)N2CC(C(=O)N(C)C)C3(CCCC3)C2)c1. The summed E-state index contributed by atoms with van der Waals surface area (Å²) in [5.41, 5.74) is 0.943. The lowest BCUT2D eigenvalue weighted by Crippen LogP contribution is -2.39. The summed E-state index contributed by atoms with van der Waals surface area (Å²) in [5, 5.41) is 0. The molecule has 2 fully saturated rings. The molecule has 25 heavy (non-hydrogen) atoms. The van der Waals surface area contributed by atoms with Gasteiger partial charge in [-0.1, -0.05) is 25.0 Å². The quantitative estimate of drug-likeness (QED) is 0.842. The summed E-state index contributed by atoms with van der Waals surface area (Å²) in [7, 11) is 5.25. The van der Waals surface area contributed by atoms with Gasteiger partial charge in [0.25, 0.3) is 0 Å². The molecule has 0 bridgehead atoms. The van der Waals surface area contributed by atoms with Crippen LogP contribution in [0, 0.1) is 11.3 Å². The molecule has 1 aliphatic carbocycles. The van der Waals surface area contributed by atoms with Gasteiger partial charge in [-0.2, -0.15) is 0 Å². The van der Waals surface area contributed by atoms with Gasteiger partial charge in [0, 0.05) is 32.6 Å². The van der Waals surface area contributed by atoms with Crippen molar-refractivity contribution in [2.75, 3.05) is 34.3 Å². The van der Waals surface area contributed by atoms with E-state index < -0.39 is 0 Å². The van der Waals surface area contributed by atoms with Crippen LogP contribution in [0.15, 0.2) is 24.3 Å². The number of ether oxygens (including phenoxy) is 1. The smallest absolute Gasteiger partial charge is 0.227 e. The lowest BCUT2D eigenvalue weighted by Gasteiger charge is -2.30. The zero-order valence-corrected chi connectivity index (χ0v) is 15.5. The fraction of sp³-hybridized carbons (Fsp3) is 0.600. The zero-order valence-electron chi connectivity index (χ0n) is 15.5. The van der Waals surface area contributed by atoms with Gasteiger partial charge in [0.15, 0.2) is 0 Å². The summed E-state index contributed by atoms with van der Waals surface area (Å²) >= 11 is 0. The molecule has 2 aliphatic rings. The number of hydrogen-bond donors (Lipinski definition) is 0. The van der Waals surface area contributed by atoms with E-state index in [0.29, 0.717) is 13.0 Å². The first-order valence-electron chi connectivity index (χ1n) is 9.07. The molecule has 0 radical (unpaired) electrons. The van der Waals surface area contributed by atoms with Gasteiger partial charge < -0.3 is 14.5 Å². The van der Waals surface area contributed by atoms with Crippen molar-refractivity contribution < 1.29 is 14.3 Å². The molecule has 2 amide bonds. The number of amides is 2. The average Bonchev–Trinajstić information content (AvgIpc) is 3.22. The first-order valence-corrected chi connectivity index (χ1v) is 9.07. The maximum absolute atomic E-state index is 12.9. The van der Waals surface area contributed by atoms with E-state index in [0.717, 1.165) is 43.5 Å². The number of carbonyl (C=O) groups is 2. The van der Waals surface area contributed by atoms with Crippen LogP contribution < -0.4 is 4.74 Å². The van der Waals surface area contributed by atoms with Crippen LogP contribution in [-0.2, 0) is 16.0 Å². The van der Waals surface area contributed by atoms with Crippen molar-refractivity contribution in [1.82, 2.24) is 9.80 Å². The number of rotatable bonds is 4. The minimum Gasteiger partial charge on any atom is -0.497 e. The van der Waals surface area contributed by atoms with Crippen molar-refractivity contribution in [2.24, 2.45) is 11.3 Å². The van der Waals surface area contributed by atoms with E-state index in [1.54, 1.807) is 12.0 Å². The third kappa shape index (κ3) is 3.51. The average molecular weight is 344 g/mol. The summed E-state index contributed by atoms with van der Waals surface area (Å²) in [5.74, 6) is 0.978. The van der Waals surface area contributed by atoms with Gasteiger partial charge in [-0.3, -0.25) is 9.59 Å². The molecule has 1 heterocycles. The summed E-state index contributed by atoms with van der Waals surface area (Å²) in [6.07, 6.45) is 4.79. The third-order valence-corrected chi connectivity index (χ3v) is 5.83. The van der Waals surface area contributed by atoms with Crippen LogP contribution in [0.4, 0.5) is 0 Å². The van der Waals surface area contributed by atoms with E-state index in [1.165, 1.54) is 0 Å². The van der Waals surface area contributed by atoms with Crippen molar-refractivity contribution >= 4 is 11.8 Å². The molecule has 1 spiro atoms. The van der Waals surface area contributed by atoms with E-state index in [2.05, 4.69) is 0 Å². The lowest BCUT2D eigenvalue weighted by atomic mass is 9.76. The van der Waals surface area contributed by atoms with E-state index in [-0.39, 0.29) is 23.1 Å². The predicted octanol–water partition coefficient (Wildman–Crippen LogP) is 2.34. The van der Waals surface area contributed by atoms with Crippen molar-refractivity contribution in [2.45, 2.75) is 32.1 Å². The van der Waals surface area contributed by atoms with Crippen molar-refractivity contribution in [3.63, 3.8) is 0 Å². The molecule has 0 N–H and O–H groups in total. The summed E-state index contributed by atoms with van der Waals surface area (Å²) in [6, 6.07) is 7.64. The topological polar surface area (TPSA) is 49.9 Å². The Morgan fingerprint density at radius 3 is 2.64 bits per heavy atom. The second kappa shape index (κ2) is 7.06. The first-order chi connectivity index (χ1) is 11.9. The Balaban J connectivity index is 1.74. The summed E-state index contributed by atoms with van der Waals surface area (Å²) in [6.45, 7) is 1.28. The van der Waals surface area contributed by atoms with Gasteiger partial charge in [0.2, 0.25) is 11.8 Å². The number of carbonyl (C=O) groups excluding carboxylic acids is 2. The second-order valence-electron chi connectivity index (χ2n) is 7.66. The summed E-state index contributed by atoms with van der Waals surface area (Å²) < 4.78 is 5.24. The van der Waals surface area contributed by atoms with Crippen LogP contribution in [0.5, 0.6) is 5.75 Å². The van der Waals surface area contributed by atoms with Gasteiger partial charge in [-0.25, -0.2) is 0 Å². The maximum atomic E-state index is 12.9. The largest absolute Gasteiger partial charge is 0.497 e. The number of likely N-dealkylation sites (tertiary alicyclic amines) is 1. The van der Waals surface area contributed by atoms with Crippen LogP contribution in [0.3, 0.4) is 0 Å². The van der Waals surface area contributed by atoms with Gasteiger partial charge in [0.1, 0.15) is 5.75 Å². The molecular formula is C20H28N2O3. The second-order valence-corrected chi connectivity index (χ2v) is 7.66. The number of hydrogen-bond acceptors (Lipinski definition) is 3. The van der Waals surface area contributed by atoms with E-state index >= 15 is 0 Å². The highest BCUT2D eigenvalue weighted by molar-refractivity contribution is 5.84. The Kier molecular flexibility index (Phi) is 5.02. The van der Waals surface area contributed by atoms with Crippen molar-refractivity contribution in [3.8, 4) is 5.75 Å². The minimum absolute atomic E-state index is 0.00854. The van der Waals surface area contributed by atoms with E-state index in [1.807, 2.05) is 43.3 Å². The Labute approximate surface area is 149 Å². The van der Waals surface area contributed by atoms with E-state index in [9.17, 15) is 9.59 Å². The zero-order chi connectivity index (χ0) is 18.0. The van der Waals surface area contributed by atoms with Crippen LogP contribution in [0.2, 0.25) is 0 Å². The molecular weight excluding hydrogens is 316 g/mol. The lowest BCUT2D eigenvalue weighted by molar-refractivity contribution is -0.135. The highest BCUT2D eigenvalue weighted by atomic mass is 16.5. The highest BCUT2D eigenvalue weighted by Gasteiger charge is 2.52. The monoisotopic (exact) mass is 344 g/mol. The third-order valence-electron chi connectivity index (χ3n) is 5.83. The molecule has 1 saturated carbocycles. The molecule has 0 aromatic heterocycles. The normalized spacial score (nSPS) is 21.6. The molecule has 3 rings (SSSR count). The fourth-order valence-electron chi connectivity index (χ4n) is 4.47. The molecule has 5 nitrogen and oxygen atoms in total. The van der Waals surface area contributed by atoms with Crippen LogP contribution in [0.25, 0.3) is 0 Å². The number of nitrogens with zero attached hydrogens (tertiary/aromatic N) is 2. The summed E-state index contributed by atoms with van der Waals surface area (Å²) in [4.78, 5) is 29.1. The van der Waals surface area contributed by atoms with Gasteiger partial charge in [-0.15, -0.1) is 0 Å². The molecule has 5 heteroatoms. The number of benzene rings is 1. The maximum Gasteiger partial charge on any atom is 0.227 e. The van der Waals surface area contributed by atoms with Crippen molar-refractivity contribution in [1.29, 1.82) is 0 Å². The van der Waals surface area contributed by atoms with Crippen LogP contribution >= 0.6 is 0 Å². The van der Waals surface area contributed by atoms with Gasteiger partial charge in [0.05, 0.1) is 19.4 Å². The standard InChI is InChI=1S/C20H28N2O3/c1-21(2)19(24)17-13-22(14-20(17)9-4-5-10-20)18(23)12-15-7-6-8-16(11-15)25-3/h6-8,11,17H,4-5,9-10,12-14H2,1-3H3. The Hall–Kier alpha value is -2.04. The highest BCUT2D eigenvalue weighted by Crippen LogP contribution is 2.49. The molecule has 1 aromatic rings. The molecule has 1 aromatic carbocycles. The van der Waals surface area contributed by atoms with Gasteiger partial charge in [-0.05, 0) is 30.5 Å².